The minimum absolute atomic E-state index is 0.396. The Balaban J connectivity index is 2.68. The lowest BCUT2D eigenvalue weighted by Gasteiger charge is -2.11. The van der Waals surface area contributed by atoms with Gasteiger partial charge >= 0.3 is 0 Å². The van der Waals surface area contributed by atoms with Gasteiger partial charge in [0.05, 0.1) is 17.2 Å². The molecule has 0 bridgehead atoms. The maximum atomic E-state index is 12.1. The van der Waals surface area contributed by atoms with Gasteiger partial charge in [0, 0.05) is 23.5 Å². The number of nitriles is 1. The summed E-state index contributed by atoms with van der Waals surface area (Å²) in [5, 5.41) is 8.96. The fraction of sp³-hybridized carbons (Fsp3) is 0.368. The molecule has 0 aliphatic rings. The van der Waals surface area contributed by atoms with Crippen LogP contribution in [-0.2, 0) is 13.0 Å². The highest BCUT2D eigenvalue weighted by Gasteiger charge is 2.23. The summed E-state index contributed by atoms with van der Waals surface area (Å²) in [6, 6.07) is 9.46. The van der Waals surface area contributed by atoms with Crippen LogP contribution in [0.15, 0.2) is 24.3 Å². The molecule has 0 radical (unpaired) electrons. The van der Waals surface area contributed by atoms with E-state index in [0.717, 1.165) is 48.3 Å². The third kappa shape index (κ3) is 3.14. The molecular formula is C19H23N3O. The van der Waals surface area contributed by atoms with Gasteiger partial charge in [-0.25, -0.2) is 0 Å². The van der Waals surface area contributed by atoms with Crippen LogP contribution in [0, 0.1) is 18.3 Å². The number of nitrogens with zero attached hydrogens (tertiary/aromatic N) is 2. The minimum Gasteiger partial charge on any atom is -0.366 e. The van der Waals surface area contributed by atoms with Gasteiger partial charge in [-0.2, -0.15) is 5.26 Å². The third-order valence-corrected chi connectivity index (χ3v) is 4.25. The van der Waals surface area contributed by atoms with Gasteiger partial charge in [0.15, 0.2) is 0 Å². The van der Waals surface area contributed by atoms with E-state index in [2.05, 4.69) is 24.5 Å². The standard InChI is InChI=1S/C19H23N3O/c1-4-6-11-22-13(3)17(19(21)23)18(16(22)5-2)15-9-7-14(12-20)8-10-15/h7-10H,4-6,11H2,1-3H3,(H2,21,23). The highest BCUT2D eigenvalue weighted by atomic mass is 16.1. The molecule has 0 saturated carbocycles. The Labute approximate surface area is 137 Å². The molecule has 1 aromatic carbocycles. The normalized spacial score (nSPS) is 10.5. The van der Waals surface area contributed by atoms with E-state index in [0.29, 0.717) is 11.1 Å². The molecule has 1 aromatic heterocycles. The molecule has 2 aromatic rings. The molecule has 2 N–H and O–H groups in total. The van der Waals surface area contributed by atoms with Crippen molar-refractivity contribution in [1.29, 1.82) is 5.26 Å². The van der Waals surface area contributed by atoms with E-state index in [4.69, 9.17) is 11.0 Å². The van der Waals surface area contributed by atoms with Gasteiger partial charge < -0.3 is 10.3 Å². The van der Waals surface area contributed by atoms with Crippen LogP contribution in [0.3, 0.4) is 0 Å². The van der Waals surface area contributed by atoms with Crippen LogP contribution in [-0.4, -0.2) is 10.5 Å². The molecule has 0 spiro atoms. The fourth-order valence-corrected chi connectivity index (χ4v) is 3.11. The summed E-state index contributed by atoms with van der Waals surface area (Å²) in [7, 11) is 0. The van der Waals surface area contributed by atoms with Gasteiger partial charge in [-0.15, -0.1) is 0 Å². The first kappa shape index (κ1) is 16.8. The number of amides is 1. The van der Waals surface area contributed by atoms with Crippen LogP contribution < -0.4 is 5.73 Å². The van der Waals surface area contributed by atoms with Gasteiger partial charge in [0.1, 0.15) is 0 Å². The van der Waals surface area contributed by atoms with Gasteiger partial charge in [-0.3, -0.25) is 4.79 Å². The molecule has 0 unspecified atom stereocenters. The molecule has 0 atom stereocenters. The van der Waals surface area contributed by atoms with Crippen molar-refractivity contribution < 1.29 is 4.79 Å². The summed E-state index contributed by atoms with van der Waals surface area (Å²) >= 11 is 0. The second-order valence-corrected chi connectivity index (χ2v) is 5.69. The van der Waals surface area contributed by atoms with E-state index in [-0.39, 0.29) is 0 Å². The molecule has 2 rings (SSSR count). The predicted molar refractivity (Wildman–Crippen MR) is 92.1 cm³/mol. The third-order valence-electron chi connectivity index (χ3n) is 4.25. The molecular weight excluding hydrogens is 286 g/mol. The second-order valence-electron chi connectivity index (χ2n) is 5.69. The van der Waals surface area contributed by atoms with E-state index < -0.39 is 5.91 Å². The Hall–Kier alpha value is -2.54. The first-order chi connectivity index (χ1) is 11.0. The molecule has 0 aliphatic carbocycles. The minimum atomic E-state index is -0.396. The average molecular weight is 309 g/mol. The number of hydrogen-bond acceptors (Lipinski definition) is 2. The number of carbonyl (C=O) groups is 1. The largest absolute Gasteiger partial charge is 0.366 e. The Bertz CT molecular complexity index is 748. The molecule has 1 heterocycles. The van der Waals surface area contributed by atoms with Crippen LogP contribution >= 0.6 is 0 Å². The predicted octanol–water partition coefficient (Wildman–Crippen LogP) is 3.80. The Morgan fingerprint density at radius 1 is 1.26 bits per heavy atom. The van der Waals surface area contributed by atoms with Crippen LogP contribution in [0.2, 0.25) is 0 Å². The van der Waals surface area contributed by atoms with Crippen molar-refractivity contribution in [2.24, 2.45) is 5.73 Å². The highest BCUT2D eigenvalue weighted by Crippen LogP contribution is 2.33. The maximum Gasteiger partial charge on any atom is 0.251 e. The van der Waals surface area contributed by atoms with Gasteiger partial charge in [-0.1, -0.05) is 32.4 Å². The smallest absolute Gasteiger partial charge is 0.251 e. The number of primary amides is 1. The van der Waals surface area contributed by atoms with Gasteiger partial charge in [0.2, 0.25) is 0 Å². The van der Waals surface area contributed by atoms with Crippen LogP contribution in [0.5, 0.6) is 0 Å². The zero-order valence-electron chi connectivity index (χ0n) is 14.0. The number of hydrogen-bond donors (Lipinski definition) is 1. The number of nitrogens with two attached hydrogens (primary N) is 1. The van der Waals surface area contributed by atoms with Crippen molar-refractivity contribution in [1.82, 2.24) is 4.57 Å². The summed E-state index contributed by atoms with van der Waals surface area (Å²) in [5.74, 6) is -0.396. The van der Waals surface area contributed by atoms with Crippen LogP contribution in [0.25, 0.3) is 11.1 Å². The monoisotopic (exact) mass is 309 g/mol. The Kier molecular flexibility index (Phi) is 5.23. The number of aromatic nitrogens is 1. The van der Waals surface area contributed by atoms with Gasteiger partial charge in [0.25, 0.3) is 5.91 Å². The molecule has 4 heteroatoms. The van der Waals surface area contributed by atoms with Gasteiger partial charge in [-0.05, 0) is 37.5 Å². The van der Waals surface area contributed by atoms with Crippen molar-refractivity contribution in [3.63, 3.8) is 0 Å². The summed E-state index contributed by atoms with van der Waals surface area (Å²) in [6.07, 6.45) is 2.99. The quantitative estimate of drug-likeness (QED) is 0.881. The van der Waals surface area contributed by atoms with Crippen LogP contribution in [0.4, 0.5) is 0 Å². The average Bonchev–Trinajstić information content (AvgIpc) is 2.84. The number of rotatable bonds is 6. The topological polar surface area (TPSA) is 71.8 Å². The number of carbonyl (C=O) groups excluding carboxylic acids is 1. The summed E-state index contributed by atoms with van der Waals surface area (Å²) < 4.78 is 2.22. The summed E-state index contributed by atoms with van der Waals surface area (Å²) in [6.45, 7) is 7.10. The van der Waals surface area contributed by atoms with E-state index in [1.54, 1.807) is 12.1 Å². The van der Waals surface area contributed by atoms with Crippen LogP contribution in [0.1, 0.15) is 54.0 Å². The molecule has 4 nitrogen and oxygen atoms in total. The maximum absolute atomic E-state index is 12.1. The lowest BCUT2D eigenvalue weighted by atomic mass is 9.98. The number of benzene rings is 1. The second kappa shape index (κ2) is 7.15. The first-order valence-electron chi connectivity index (χ1n) is 8.07. The Morgan fingerprint density at radius 3 is 2.39 bits per heavy atom. The van der Waals surface area contributed by atoms with E-state index in [1.165, 1.54) is 0 Å². The van der Waals surface area contributed by atoms with Crippen molar-refractivity contribution in [2.45, 2.75) is 46.6 Å². The lowest BCUT2D eigenvalue weighted by molar-refractivity contribution is 0.1000. The SMILES string of the molecule is CCCCn1c(C)c(C(N)=O)c(-c2ccc(C#N)cc2)c1CC. The molecule has 0 fully saturated rings. The van der Waals surface area contributed by atoms with E-state index >= 15 is 0 Å². The zero-order valence-corrected chi connectivity index (χ0v) is 14.0. The zero-order chi connectivity index (χ0) is 17.0. The summed E-state index contributed by atoms with van der Waals surface area (Å²) in [4.78, 5) is 12.1. The fourth-order valence-electron chi connectivity index (χ4n) is 3.11. The van der Waals surface area contributed by atoms with Crippen molar-refractivity contribution in [3.8, 4) is 17.2 Å². The molecule has 120 valence electrons. The summed E-state index contributed by atoms with van der Waals surface area (Å²) in [5.41, 5.74) is 10.8. The molecule has 0 aliphatic heterocycles. The first-order valence-corrected chi connectivity index (χ1v) is 8.07. The number of unbranched alkanes of at least 4 members (excludes halogenated alkanes) is 1. The molecule has 1 amide bonds. The van der Waals surface area contributed by atoms with E-state index in [1.807, 2.05) is 19.1 Å². The van der Waals surface area contributed by atoms with E-state index in [9.17, 15) is 4.79 Å². The van der Waals surface area contributed by atoms with Crippen molar-refractivity contribution in [3.05, 3.63) is 46.8 Å². The lowest BCUT2D eigenvalue weighted by Crippen LogP contribution is -2.13. The highest BCUT2D eigenvalue weighted by molar-refractivity contribution is 6.02. The Morgan fingerprint density at radius 2 is 1.91 bits per heavy atom. The van der Waals surface area contributed by atoms with Crippen molar-refractivity contribution >= 4 is 5.91 Å². The van der Waals surface area contributed by atoms with Crippen molar-refractivity contribution in [2.75, 3.05) is 0 Å². The molecule has 23 heavy (non-hydrogen) atoms. The molecule has 0 saturated heterocycles.